The van der Waals surface area contributed by atoms with Crippen LogP contribution in [0.2, 0.25) is 0 Å². The monoisotopic (exact) mass is 506 g/mol. The number of thioether (sulfide) groups is 1. The second-order valence-electron chi connectivity index (χ2n) is 8.14. The molecule has 0 aromatic carbocycles. The van der Waals surface area contributed by atoms with Gasteiger partial charge in [-0.15, -0.1) is 0 Å². The number of carbonyl (C=O) groups excluding carboxylic acids is 3. The lowest BCUT2D eigenvalue weighted by Gasteiger charge is -2.26. The molecule has 198 valence electrons. The maximum absolute atomic E-state index is 12.9. The minimum atomic E-state index is -1.41. The summed E-state index contributed by atoms with van der Waals surface area (Å²) in [4.78, 5) is 49.5. The highest BCUT2D eigenvalue weighted by Crippen LogP contribution is 2.07. The zero-order valence-electron chi connectivity index (χ0n) is 20.1. The smallest absolute Gasteiger partial charge is 0.326 e. The van der Waals surface area contributed by atoms with Crippen LogP contribution in [-0.4, -0.2) is 89.3 Å². The number of hydrogen-bond donors (Lipinski definition) is 8. The molecule has 0 aliphatic carbocycles. The van der Waals surface area contributed by atoms with Crippen molar-refractivity contribution in [2.75, 3.05) is 25.1 Å². The van der Waals surface area contributed by atoms with Crippen LogP contribution in [0.4, 0.5) is 0 Å². The number of carbonyl (C=O) groups is 4. The molecule has 0 aromatic heterocycles. The average Bonchev–Trinajstić information content (AvgIpc) is 2.78. The average molecular weight is 507 g/mol. The van der Waals surface area contributed by atoms with Gasteiger partial charge in [-0.25, -0.2) is 4.79 Å². The first kappa shape index (κ1) is 32.1. The lowest BCUT2D eigenvalue weighted by molar-refractivity contribution is -0.143. The van der Waals surface area contributed by atoms with Gasteiger partial charge in [-0.3, -0.25) is 14.4 Å². The number of nitrogens with two attached hydrogens (primary N) is 3. The Hall–Kier alpha value is -1.93. The molecule has 0 bridgehead atoms. The van der Waals surface area contributed by atoms with E-state index in [4.69, 9.17) is 17.2 Å². The number of hydrogen-bond acceptors (Lipinski definition) is 9. The highest BCUT2D eigenvalue weighted by Gasteiger charge is 2.32. The number of rotatable bonds is 19. The maximum Gasteiger partial charge on any atom is 0.326 e. The third-order valence-electron chi connectivity index (χ3n) is 5.17. The van der Waals surface area contributed by atoms with Crippen molar-refractivity contribution < 1.29 is 29.4 Å². The predicted octanol–water partition coefficient (Wildman–Crippen LogP) is -1.76. The van der Waals surface area contributed by atoms with E-state index in [0.29, 0.717) is 44.5 Å². The third-order valence-corrected chi connectivity index (χ3v) is 5.82. The summed E-state index contributed by atoms with van der Waals surface area (Å²) >= 11 is 1.43. The lowest BCUT2D eigenvalue weighted by Crippen LogP contribution is -2.59. The van der Waals surface area contributed by atoms with Crippen molar-refractivity contribution in [2.45, 2.75) is 82.1 Å². The molecule has 0 aliphatic rings. The first-order chi connectivity index (χ1) is 16.1. The Morgan fingerprint density at radius 1 is 0.824 bits per heavy atom. The molecule has 5 unspecified atom stereocenters. The Balaban J connectivity index is 5.31. The van der Waals surface area contributed by atoms with Gasteiger partial charge in [0.15, 0.2) is 0 Å². The van der Waals surface area contributed by atoms with Gasteiger partial charge in [-0.05, 0) is 70.5 Å². The number of unbranched alkanes of at least 4 members (excludes halogenated alkanes) is 2. The second-order valence-corrected chi connectivity index (χ2v) is 9.13. The topological polar surface area (TPSA) is 223 Å². The van der Waals surface area contributed by atoms with E-state index in [-0.39, 0.29) is 12.8 Å². The number of aliphatic carboxylic acids is 1. The molecular weight excluding hydrogens is 464 g/mol. The van der Waals surface area contributed by atoms with Crippen LogP contribution >= 0.6 is 11.8 Å². The quantitative estimate of drug-likeness (QED) is 0.0921. The van der Waals surface area contributed by atoms with Gasteiger partial charge >= 0.3 is 5.97 Å². The molecule has 0 aliphatic heterocycles. The van der Waals surface area contributed by atoms with E-state index in [2.05, 4.69) is 16.0 Å². The van der Waals surface area contributed by atoms with Crippen molar-refractivity contribution in [3.05, 3.63) is 0 Å². The molecule has 0 heterocycles. The van der Waals surface area contributed by atoms with E-state index >= 15 is 0 Å². The maximum atomic E-state index is 12.9. The second kappa shape index (κ2) is 18.4. The molecule has 0 saturated carbocycles. The Labute approximate surface area is 205 Å². The van der Waals surface area contributed by atoms with Crippen molar-refractivity contribution in [3.8, 4) is 0 Å². The van der Waals surface area contributed by atoms with Gasteiger partial charge in [0.05, 0.1) is 12.1 Å². The van der Waals surface area contributed by atoms with Gasteiger partial charge in [0.2, 0.25) is 17.7 Å². The summed E-state index contributed by atoms with van der Waals surface area (Å²) in [5.74, 6) is -2.73. The fraction of sp³-hybridized carbons (Fsp3) is 0.810. The summed E-state index contributed by atoms with van der Waals surface area (Å²) < 4.78 is 0. The number of aliphatic hydroxyl groups excluding tert-OH is 1. The van der Waals surface area contributed by atoms with Crippen molar-refractivity contribution in [1.29, 1.82) is 0 Å². The van der Waals surface area contributed by atoms with Crippen LogP contribution in [0.1, 0.15) is 51.9 Å². The molecule has 3 amide bonds. The molecule has 0 saturated heterocycles. The number of amides is 3. The van der Waals surface area contributed by atoms with Crippen LogP contribution < -0.4 is 33.2 Å². The number of nitrogens with one attached hydrogen (secondary N) is 3. The molecule has 0 aromatic rings. The minimum absolute atomic E-state index is 0.183. The van der Waals surface area contributed by atoms with Crippen LogP contribution in [0.3, 0.4) is 0 Å². The van der Waals surface area contributed by atoms with Gasteiger partial charge in [-0.1, -0.05) is 6.42 Å². The first-order valence-corrected chi connectivity index (χ1v) is 12.9. The SMILES string of the molecule is CSCCC(NC(=O)C(NC(=O)C(CCCCN)NC(=O)C(N)CCCCN)C(C)O)C(=O)O. The predicted molar refractivity (Wildman–Crippen MR) is 132 cm³/mol. The van der Waals surface area contributed by atoms with E-state index in [0.717, 1.165) is 6.42 Å². The number of aliphatic hydroxyl groups is 1. The summed E-state index contributed by atoms with van der Waals surface area (Å²) in [5.41, 5.74) is 16.9. The van der Waals surface area contributed by atoms with Gasteiger partial charge in [0, 0.05) is 0 Å². The van der Waals surface area contributed by atoms with Gasteiger partial charge in [-0.2, -0.15) is 11.8 Å². The fourth-order valence-electron chi connectivity index (χ4n) is 3.09. The number of carboxylic acid groups (broad SMARTS) is 1. The standard InChI is InChI=1S/C21H42N6O6S/c1-13(28)17(20(31)26-16(21(32)33)9-12-34-2)27-19(30)15(8-4-6-11-23)25-18(29)14(24)7-3-5-10-22/h13-17,28H,3-12,22-24H2,1-2H3,(H,25,29)(H,26,31)(H,27,30)(H,32,33). The highest BCUT2D eigenvalue weighted by atomic mass is 32.2. The molecule has 13 heteroatoms. The molecule has 0 spiro atoms. The first-order valence-electron chi connectivity index (χ1n) is 11.6. The summed E-state index contributed by atoms with van der Waals surface area (Å²) in [6, 6.07) is -4.39. The Kier molecular flexibility index (Phi) is 17.4. The van der Waals surface area contributed by atoms with Crippen LogP contribution in [0.5, 0.6) is 0 Å². The van der Waals surface area contributed by atoms with Crippen LogP contribution in [-0.2, 0) is 19.2 Å². The lowest BCUT2D eigenvalue weighted by atomic mass is 10.0. The number of carboxylic acids is 1. The van der Waals surface area contributed by atoms with Crippen molar-refractivity contribution in [2.24, 2.45) is 17.2 Å². The Morgan fingerprint density at radius 3 is 1.88 bits per heavy atom. The van der Waals surface area contributed by atoms with Crippen molar-refractivity contribution >= 4 is 35.5 Å². The largest absolute Gasteiger partial charge is 0.480 e. The van der Waals surface area contributed by atoms with E-state index in [1.165, 1.54) is 18.7 Å². The molecule has 12 nitrogen and oxygen atoms in total. The molecule has 0 fully saturated rings. The van der Waals surface area contributed by atoms with Gasteiger partial charge < -0.3 is 43.4 Å². The summed E-state index contributed by atoms with van der Waals surface area (Å²) in [6.07, 6.45) is 3.90. The van der Waals surface area contributed by atoms with E-state index < -0.39 is 54.0 Å². The highest BCUT2D eigenvalue weighted by molar-refractivity contribution is 7.98. The molecule has 34 heavy (non-hydrogen) atoms. The zero-order valence-corrected chi connectivity index (χ0v) is 20.9. The summed E-state index contributed by atoms with van der Waals surface area (Å²) in [7, 11) is 0. The van der Waals surface area contributed by atoms with Crippen LogP contribution in [0.15, 0.2) is 0 Å². The van der Waals surface area contributed by atoms with Gasteiger partial charge in [0.25, 0.3) is 0 Å². The zero-order chi connectivity index (χ0) is 26.1. The molecule has 0 radical (unpaired) electrons. The van der Waals surface area contributed by atoms with Crippen molar-refractivity contribution in [3.63, 3.8) is 0 Å². The molecule has 0 rings (SSSR count). The summed E-state index contributed by atoms with van der Waals surface area (Å²) in [6.45, 7) is 2.20. The Bertz CT molecular complexity index is 639. The van der Waals surface area contributed by atoms with Crippen LogP contribution in [0.25, 0.3) is 0 Å². The molecule has 5 atom stereocenters. The van der Waals surface area contributed by atoms with E-state index in [1.54, 1.807) is 0 Å². The van der Waals surface area contributed by atoms with Gasteiger partial charge in [0.1, 0.15) is 18.1 Å². The Morgan fingerprint density at radius 2 is 1.38 bits per heavy atom. The molecule has 11 N–H and O–H groups in total. The van der Waals surface area contributed by atoms with Crippen LogP contribution in [0, 0.1) is 0 Å². The van der Waals surface area contributed by atoms with Crippen molar-refractivity contribution in [1.82, 2.24) is 16.0 Å². The fourth-order valence-corrected chi connectivity index (χ4v) is 3.57. The van der Waals surface area contributed by atoms with E-state index in [9.17, 15) is 29.4 Å². The minimum Gasteiger partial charge on any atom is -0.480 e. The third kappa shape index (κ3) is 13.1. The normalized spacial score (nSPS) is 15.5. The molecular formula is C21H42N6O6S. The summed E-state index contributed by atoms with van der Waals surface area (Å²) in [5, 5.41) is 26.8. The van der Waals surface area contributed by atoms with E-state index in [1.807, 2.05) is 6.26 Å².